The van der Waals surface area contributed by atoms with E-state index in [1.54, 1.807) is 0 Å². The Morgan fingerprint density at radius 3 is 2.35 bits per heavy atom. The van der Waals surface area contributed by atoms with Gasteiger partial charge in [-0.2, -0.15) is 0 Å². The van der Waals surface area contributed by atoms with Crippen LogP contribution in [0.1, 0.15) is 41.0 Å². The summed E-state index contributed by atoms with van der Waals surface area (Å²) in [6.07, 6.45) is 1.28. The summed E-state index contributed by atoms with van der Waals surface area (Å²) in [5.41, 5.74) is 6.25. The van der Waals surface area contributed by atoms with Gasteiger partial charge in [-0.3, -0.25) is 4.90 Å². The van der Waals surface area contributed by atoms with Gasteiger partial charge >= 0.3 is 0 Å². The third-order valence-electron chi connectivity index (χ3n) is 4.47. The number of piperidine rings is 1. The topological polar surface area (TPSA) is 49.5 Å². The second-order valence-corrected chi connectivity index (χ2v) is 6.33. The van der Waals surface area contributed by atoms with Gasteiger partial charge in [0.25, 0.3) is 0 Å². The molecule has 5 unspecified atom stereocenters. The first-order valence-corrected chi connectivity index (χ1v) is 7.00. The van der Waals surface area contributed by atoms with Crippen LogP contribution in [0.3, 0.4) is 0 Å². The molecule has 0 aromatic heterocycles. The molecule has 1 heterocycles. The van der Waals surface area contributed by atoms with Gasteiger partial charge in [0.05, 0.1) is 6.61 Å². The Hall–Kier alpha value is -0.120. The fraction of sp³-hybridized carbons (Fsp3) is 1.00. The largest absolute Gasteiger partial charge is 0.395 e. The summed E-state index contributed by atoms with van der Waals surface area (Å²) in [5, 5.41) is 9.67. The minimum atomic E-state index is 0.0555. The molecule has 0 bridgehead atoms. The molecule has 1 saturated heterocycles. The minimum absolute atomic E-state index is 0.0555. The molecule has 1 aliphatic rings. The lowest BCUT2D eigenvalue weighted by molar-refractivity contribution is 0.000283. The van der Waals surface area contributed by atoms with Crippen LogP contribution in [-0.2, 0) is 0 Å². The molecular formula is C14H30N2O. The number of hydrogen-bond acceptors (Lipinski definition) is 3. The van der Waals surface area contributed by atoms with E-state index in [0.29, 0.717) is 23.8 Å². The lowest BCUT2D eigenvalue weighted by Crippen LogP contribution is -2.59. The molecule has 0 radical (unpaired) electrons. The van der Waals surface area contributed by atoms with Gasteiger partial charge in [0.15, 0.2) is 0 Å². The Labute approximate surface area is 106 Å². The molecule has 102 valence electrons. The molecule has 0 aromatic rings. The van der Waals surface area contributed by atoms with Crippen LogP contribution >= 0.6 is 0 Å². The van der Waals surface area contributed by atoms with Gasteiger partial charge < -0.3 is 10.8 Å². The number of likely N-dealkylation sites (tertiary alicyclic amines) is 1. The Morgan fingerprint density at radius 2 is 1.88 bits per heavy atom. The Bertz CT molecular complexity index is 232. The molecule has 1 rings (SSSR count). The van der Waals surface area contributed by atoms with Gasteiger partial charge in [-0.05, 0) is 31.1 Å². The van der Waals surface area contributed by atoms with Crippen molar-refractivity contribution in [2.45, 2.75) is 59.2 Å². The Kier molecular flexibility index (Phi) is 5.42. The van der Waals surface area contributed by atoms with Crippen LogP contribution in [0.2, 0.25) is 0 Å². The number of aliphatic hydroxyl groups excluding tert-OH is 1. The van der Waals surface area contributed by atoms with Crippen molar-refractivity contribution in [2.24, 2.45) is 23.5 Å². The molecule has 3 heteroatoms. The molecule has 1 aliphatic heterocycles. The zero-order chi connectivity index (χ0) is 13.2. The van der Waals surface area contributed by atoms with Crippen molar-refractivity contribution in [2.75, 3.05) is 13.2 Å². The predicted octanol–water partition coefficient (Wildman–Crippen LogP) is 1.70. The van der Waals surface area contributed by atoms with Gasteiger partial charge in [-0.15, -0.1) is 0 Å². The molecule has 0 spiro atoms. The number of nitrogens with two attached hydrogens (primary N) is 1. The summed E-state index contributed by atoms with van der Waals surface area (Å²) in [4.78, 5) is 2.43. The van der Waals surface area contributed by atoms with Crippen molar-refractivity contribution in [3.63, 3.8) is 0 Å². The SMILES string of the molecule is CC1CC(C)C(C)N(C(CO)C(N)C(C)C)C1. The van der Waals surface area contributed by atoms with Crippen LogP contribution in [-0.4, -0.2) is 41.3 Å². The molecule has 1 fully saturated rings. The number of hydrogen-bond donors (Lipinski definition) is 2. The zero-order valence-electron chi connectivity index (χ0n) is 12.1. The highest BCUT2D eigenvalue weighted by Gasteiger charge is 2.36. The first kappa shape index (κ1) is 14.9. The minimum Gasteiger partial charge on any atom is -0.395 e. The highest BCUT2D eigenvalue weighted by Crippen LogP contribution is 2.29. The summed E-state index contributed by atoms with van der Waals surface area (Å²) in [5.74, 6) is 1.80. The van der Waals surface area contributed by atoms with Gasteiger partial charge in [0.1, 0.15) is 0 Å². The second-order valence-electron chi connectivity index (χ2n) is 6.33. The van der Waals surface area contributed by atoms with E-state index < -0.39 is 0 Å². The van der Waals surface area contributed by atoms with Crippen LogP contribution in [0.25, 0.3) is 0 Å². The summed E-state index contributed by atoms with van der Waals surface area (Å²) in [7, 11) is 0. The summed E-state index contributed by atoms with van der Waals surface area (Å²) in [6.45, 7) is 12.4. The molecule has 3 nitrogen and oxygen atoms in total. The van der Waals surface area contributed by atoms with Crippen molar-refractivity contribution < 1.29 is 5.11 Å². The average molecular weight is 242 g/mol. The smallest absolute Gasteiger partial charge is 0.0602 e. The molecule has 0 saturated carbocycles. The van der Waals surface area contributed by atoms with Crippen molar-refractivity contribution >= 4 is 0 Å². The average Bonchev–Trinajstić information content (AvgIpc) is 2.25. The van der Waals surface area contributed by atoms with Gasteiger partial charge in [0, 0.05) is 24.7 Å². The van der Waals surface area contributed by atoms with E-state index in [-0.39, 0.29) is 18.7 Å². The van der Waals surface area contributed by atoms with Gasteiger partial charge in [-0.1, -0.05) is 27.7 Å². The van der Waals surface area contributed by atoms with E-state index in [9.17, 15) is 5.11 Å². The quantitative estimate of drug-likeness (QED) is 0.789. The normalized spacial score (nSPS) is 34.9. The van der Waals surface area contributed by atoms with E-state index in [1.807, 2.05) is 0 Å². The maximum Gasteiger partial charge on any atom is 0.0602 e. The highest BCUT2D eigenvalue weighted by molar-refractivity contribution is 4.91. The first-order chi connectivity index (χ1) is 7.88. The van der Waals surface area contributed by atoms with E-state index in [4.69, 9.17) is 5.73 Å². The van der Waals surface area contributed by atoms with Gasteiger partial charge in [-0.25, -0.2) is 0 Å². The van der Waals surface area contributed by atoms with Crippen molar-refractivity contribution in [1.82, 2.24) is 4.90 Å². The van der Waals surface area contributed by atoms with E-state index in [1.165, 1.54) is 6.42 Å². The lowest BCUT2D eigenvalue weighted by Gasteiger charge is -2.47. The molecule has 5 atom stereocenters. The van der Waals surface area contributed by atoms with Crippen molar-refractivity contribution in [3.05, 3.63) is 0 Å². The zero-order valence-corrected chi connectivity index (χ0v) is 12.1. The van der Waals surface area contributed by atoms with Crippen molar-refractivity contribution in [1.29, 1.82) is 0 Å². The standard InChI is InChI=1S/C14H30N2O/c1-9(2)14(15)13(8-17)16-7-10(3)6-11(4)12(16)5/h9-14,17H,6-8,15H2,1-5H3. The van der Waals surface area contributed by atoms with Crippen molar-refractivity contribution in [3.8, 4) is 0 Å². The third kappa shape index (κ3) is 3.43. The Morgan fingerprint density at radius 1 is 1.29 bits per heavy atom. The summed E-state index contributed by atoms with van der Waals surface area (Å²) < 4.78 is 0. The van der Waals surface area contributed by atoms with Crippen LogP contribution in [0, 0.1) is 17.8 Å². The third-order valence-corrected chi connectivity index (χ3v) is 4.47. The first-order valence-electron chi connectivity index (χ1n) is 7.00. The second kappa shape index (κ2) is 6.17. The molecular weight excluding hydrogens is 212 g/mol. The van der Waals surface area contributed by atoms with E-state index in [0.717, 1.165) is 6.54 Å². The van der Waals surface area contributed by atoms with Crippen LogP contribution in [0.15, 0.2) is 0 Å². The fourth-order valence-electron chi connectivity index (χ4n) is 3.09. The lowest BCUT2D eigenvalue weighted by atomic mass is 9.83. The number of nitrogens with zero attached hydrogens (tertiary/aromatic N) is 1. The highest BCUT2D eigenvalue weighted by atomic mass is 16.3. The number of rotatable bonds is 4. The van der Waals surface area contributed by atoms with Crippen LogP contribution in [0.4, 0.5) is 0 Å². The maximum atomic E-state index is 9.67. The summed E-state index contributed by atoms with van der Waals surface area (Å²) in [6, 6.07) is 0.684. The van der Waals surface area contributed by atoms with Crippen LogP contribution < -0.4 is 5.73 Å². The molecule has 0 aromatic carbocycles. The molecule has 17 heavy (non-hydrogen) atoms. The number of aliphatic hydroxyl groups is 1. The molecule has 3 N–H and O–H groups in total. The predicted molar refractivity (Wildman–Crippen MR) is 72.8 cm³/mol. The van der Waals surface area contributed by atoms with Crippen LogP contribution in [0.5, 0.6) is 0 Å². The monoisotopic (exact) mass is 242 g/mol. The molecule has 0 amide bonds. The fourth-order valence-corrected chi connectivity index (χ4v) is 3.09. The Balaban J connectivity index is 2.79. The van der Waals surface area contributed by atoms with E-state index >= 15 is 0 Å². The van der Waals surface area contributed by atoms with Gasteiger partial charge in [0.2, 0.25) is 0 Å². The summed E-state index contributed by atoms with van der Waals surface area (Å²) >= 11 is 0. The van der Waals surface area contributed by atoms with E-state index in [2.05, 4.69) is 39.5 Å². The maximum absolute atomic E-state index is 9.67. The molecule has 0 aliphatic carbocycles.